The fourth-order valence-corrected chi connectivity index (χ4v) is 8.25. The van der Waals surface area contributed by atoms with Gasteiger partial charge in [-0.15, -0.1) is 0 Å². The predicted molar refractivity (Wildman–Crippen MR) is 206 cm³/mol. The van der Waals surface area contributed by atoms with Crippen molar-refractivity contribution >= 4 is 60.5 Å². The standard InChI is InChI=1S/C47H33NO/c1-47(2)41-22-12-10-19-35(41)36-25-24-32(27-42(36)47)48(43-26-31-16-6-7-17-33(31)34-18-8-9-20-37(34)43)44-29-46-40(38-21-11-13-23-45(38)49-46)28-39(44)30-14-4-3-5-15-30/h3-29H,1-2H3. The van der Waals surface area contributed by atoms with Gasteiger partial charge in [0.15, 0.2) is 0 Å². The molecule has 2 nitrogen and oxygen atoms in total. The monoisotopic (exact) mass is 627 g/mol. The highest BCUT2D eigenvalue weighted by molar-refractivity contribution is 6.16. The molecule has 0 saturated carbocycles. The highest BCUT2D eigenvalue weighted by atomic mass is 16.3. The van der Waals surface area contributed by atoms with Gasteiger partial charge < -0.3 is 9.32 Å². The zero-order valence-electron chi connectivity index (χ0n) is 27.4. The van der Waals surface area contributed by atoms with Crippen molar-refractivity contribution in [2.45, 2.75) is 19.3 Å². The molecular weight excluding hydrogens is 595 g/mol. The molecule has 1 aromatic heterocycles. The smallest absolute Gasteiger partial charge is 0.137 e. The number of rotatable bonds is 4. The average molecular weight is 628 g/mol. The molecule has 8 aromatic carbocycles. The minimum Gasteiger partial charge on any atom is -0.456 e. The Balaban J connectivity index is 1.33. The highest BCUT2D eigenvalue weighted by Crippen LogP contribution is 2.52. The Morgan fingerprint density at radius 2 is 1.10 bits per heavy atom. The van der Waals surface area contributed by atoms with Gasteiger partial charge in [-0.3, -0.25) is 0 Å². The molecule has 10 rings (SSSR count). The van der Waals surface area contributed by atoms with E-state index in [4.69, 9.17) is 4.42 Å². The summed E-state index contributed by atoms with van der Waals surface area (Å²) in [5.41, 5.74) is 12.6. The number of benzene rings is 8. The molecule has 0 aliphatic heterocycles. The van der Waals surface area contributed by atoms with Crippen molar-refractivity contribution in [2.24, 2.45) is 0 Å². The molecule has 0 N–H and O–H groups in total. The molecule has 0 radical (unpaired) electrons. The number of anilines is 3. The summed E-state index contributed by atoms with van der Waals surface area (Å²) in [5, 5.41) is 7.14. The quantitative estimate of drug-likeness (QED) is 0.181. The van der Waals surface area contributed by atoms with Crippen LogP contribution in [0.4, 0.5) is 17.1 Å². The van der Waals surface area contributed by atoms with E-state index in [2.05, 4.69) is 176 Å². The maximum absolute atomic E-state index is 6.59. The third-order valence-corrected chi connectivity index (χ3v) is 10.6. The molecule has 9 aromatic rings. The summed E-state index contributed by atoms with van der Waals surface area (Å²) in [7, 11) is 0. The Morgan fingerprint density at radius 1 is 0.429 bits per heavy atom. The Morgan fingerprint density at radius 3 is 1.96 bits per heavy atom. The van der Waals surface area contributed by atoms with Gasteiger partial charge in [-0.05, 0) is 74.3 Å². The van der Waals surface area contributed by atoms with Crippen molar-refractivity contribution in [3.63, 3.8) is 0 Å². The Bertz CT molecular complexity index is 2750. The van der Waals surface area contributed by atoms with E-state index >= 15 is 0 Å². The number of furan rings is 1. The molecular formula is C47H33NO. The van der Waals surface area contributed by atoms with Crippen molar-refractivity contribution in [2.75, 3.05) is 4.90 Å². The number of para-hydroxylation sites is 1. The van der Waals surface area contributed by atoms with Crippen LogP contribution in [0.5, 0.6) is 0 Å². The third-order valence-electron chi connectivity index (χ3n) is 10.6. The number of nitrogens with zero attached hydrogens (tertiary/aromatic N) is 1. The molecule has 0 bridgehead atoms. The lowest BCUT2D eigenvalue weighted by Crippen LogP contribution is -2.17. The van der Waals surface area contributed by atoms with Crippen LogP contribution in [0.2, 0.25) is 0 Å². The molecule has 0 unspecified atom stereocenters. The zero-order valence-corrected chi connectivity index (χ0v) is 27.4. The first-order valence-corrected chi connectivity index (χ1v) is 17.0. The minimum atomic E-state index is -0.135. The summed E-state index contributed by atoms with van der Waals surface area (Å²) in [5.74, 6) is 0. The van der Waals surface area contributed by atoms with Crippen molar-refractivity contribution in [1.82, 2.24) is 0 Å². The molecule has 232 valence electrons. The molecule has 0 fully saturated rings. The largest absolute Gasteiger partial charge is 0.456 e. The third kappa shape index (κ3) is 4.14. The number of hydrogen-bond acceptors (Lipinski definition) is 2. The van der Waals surface area contributed by atoms with Crippen LogP contribution < -0.4 is 4.90 Å². The molecule has 0 spiro atoms. The summed E-state index contributed by atoms with van der Waals surface area (Å²) in [4.78, 5) is 2.48. The summed E-state index contributed by atoms with van der Waals surface area (Å²) < 4.78 is 6.59. The van der Waals surface area contributed by atoms with Crippen molar-refractivity contribution in [3.05, 3.63) is 175 Å². The fourth-order valence-electron chi connectivity index (χ4n) is 8.25. The normalized spacial score (nSPS) is 13.3. The van der Waals surface area contributed by atoms with Crippen LogP contribution in [0, 0.1) is 0 Å². The van der Waals surface area contributed by atoms with Crippen LogP contribution >= 0.6 is 0 Å². The molecule has 1 aliphatic rings. The number of hydrogen-bond donors (Lipinski definition) is 0. The lowest BCUT2D eigenvalue weighted by atomic mass is 9.82. The van der Waals surface area contributed by atoms with Crippen LogP contribution in [0.25, 0.3) is 65.7 Å². The van der Waals surface area contributed by atoms with Crippen LogP contribution in [0.15, 0.2) is 168 Å². The fraction of sp³-hybridized carbons (Fsp3) is 0.0638. The van der Waals surface area contributed by atoms with Crippen molar-refractivity contribution in [3.8, 4) is 22.3 Å². The van der Waals surface area contributed by atoms with Gasteiger partial charge in [0.1, 0.15) is 11.2 Å². The minimum absolute atomic E-state index is 0.135. The molecule has 1 aliphatic carbocycles. The first-order valence-electron chi connectivity index (χ1n) is 17.0. The van der Waals surface area contributed by atoms with Crippen LogP contribution in [-0.4, -0.2) is 0 Å². The van der Waals surface area contributed by atoms with E-state index in [-0.39, 0.29) is 5.41 Å². The Kier molecular flexibility index (Phi) is 5.95. The van der Waals surface area contributed by atoms with Gasteiger partial charge in [0.05, 0.1) is 11.4 Å². The van der Waals surface area contributed by atoms with Gasteiger partial charge in [-0.2, -0.15) is 0 Å². The van der Waals surface area contributed by atoms with Crippen molar-refractivity contribution in [1.29, 1.82) is 0 Å². The maximum Gasteiger partial charge on any atom is 0.137 e. The van der Waals surface area contributed by atoms with E-state index in [9.17, 15) is 0 Å². The van der Waals surface area contributed by atoms with Gasteiger partial charge in [0.25, 0.3) is 0 Å². The van der Waals surface area contributed by atoms with Gasteiger partial charge in [-0.25, -0.2) is 0 Å². The van der Waals surface area contributed by atoms with E-state index in [0.717, 1.165) is 50.1 Å². The van der Waals surface area contributed by atoms with Gasteiger partial charge in [-0.1, -0.05) is 141 Å². The molecule has 2 heteroatoms. The molecule has 0 saturated heterocycles. The van der Waals surface area contributed by atoms with Gasteiger partial charge in [0.2, 0.25) is 0 Å². The molecule has 0 atom stereocenters. The lowest BCUT2D eigenvalue weighted by molar-refractivity contribution is 0.660. The first-order chi connectivity index (χ1) is 24.1. The summed E-state index contributed by atoms with van der Waals surface area (Å²) in [6.07, 6.45) is 0. The maximum atomic E-state index is 6.59. The van der Waals surface area contributed by atoms with Gasteiger partial charge >= 0.3 is 0 Å². The van der Waals surface area contributed by atoms with E-state index < -0.39 is 0 Å². The van der Waals surface area contributed by atoms with E-state index in [1.165, 1.54) is 43.8 Å². The second-order valence-electron chi connectivity index (χ2n) is 13.7. The van der Waals surface area contributed by atoms with Crippen molar-refractivity contribution < 1.29 is 4.42 Å². The average Bonchev–Trinajstić information content (AvgIpc) is 3.63. The molecule has 0 amide bonds. The number of fused-ring (bicyclic) bond motifs is 9. The second-order valence-corrected chi connectivity index (χ2v) is 13.7. The van der Waals surface area contributed by atoms with E-state index in [1.807, 2.05) is 6.07 Å². The zero-order chi connectivity index (χ0) is 32.7. The van der Waals surface area contributed by atoms with Gasteiger partial charge in [0, 0.05) is 38.9 Å². The topological polar surface area (TPSA) is 16.4 Å². The van der Waals surface area contributed by atoms with E-state index in [0.29, 0.717) is 0 Å². The van der Waals surface area contributed by atoms with E-state index in [1.54, 1.807) is 0 Å². The molecule has 1 heterocycles. The summed E-state index contributed by atoms with van der Waals surface area (Å²) in [6.45, 7) is 4.71. The highest BCUT2D eigenvalue weighted by Gasteiger charge is 2.36. The first kappa shape index (κ1) is 27.9. The molecule has 49 heavy (non-hydrogen) atoms. The second kappa shape index (κ2) is 10.4. The van der Waals surface area contributed by atoms with Crippen LogP contribution in [0.1, 0.15) is 25.0 Å². The summed E-state index contributed by atoms with van der Waals surface area (Å²) >= 11 is 0. The lowest BCUT2D eigenvalue weighted by Gasteiger charge is -2.31. The Labute approximate surface area is 285 Å². The van der Waals surface area contributed by atoms with Crippen LogP contribution in [-0.2, 0) is 5.41 Å². The SMILES string of the molecule is CC1(C)c2ccccc2-c2ccc(N(c3cc4oc5ccccc5c4cc3-c3ccccc3)c3cc4ccccc4c4ccccc34)cc21. The van der Waals surface area contributed by atoms with Crippen LogP contribution in [0.3, 0.4) is 0 Å². The Hall–Kier alpha value is -6.12. The predicted octanol–water partition coefficient (Wildman–Crippen LogP) is 13.3. The summed E-state index contributed by atoms with van der Waals surface area (Å²) in [6, 6.07) is 59.5.